The molecule has 3 aromatic rings. The predicted octanol–water partition coefficient (Wildman–Crippen LogP) is 3.07. The Morgan fingerprint density at radius 1 is 1.30 bits per heavy atom. The molecule has 0 spiro atoms. The molecule has 0 saturated heterocycles. The van der Waals surface area contributed by atoms with Gasteiger partial charge in [-0.3, -0.25) is 0 Å². The Morgan fingerprint density at radius 3 is 2.70 bits per heavy atom. The number of rotatable bonds is 4. The molecular weight excluding hydrogens is 311 g/mol. The van der Waals surface area contributed by atoms with E-state index < -0.39 is 12.0 Å². The number of aromatic nitrogens is 4. The molecule has 122 valence electrons. The number of hydrogen-bond donors (Lipinski definition) is 0. The van der Waals surface area contributed by atoms with E-state index in [1.165, 1.54) is 0 Å². The van der Waals surface area contributed by atoms with Crippen LogP contribution in [-0.4, -0.2) is 26.1 Å². The lowest BCUT2D eigenvalue weighted by molar-refractivity contribution is -0.144. The summed E-state index contributed by atoms with van der Waals surface area (Å²) in [6.45, 7) is 4.66. The number of hydrogen-bond acceptors (Lipinski definition) is 5. The second kappa shape index (κ2) is 5.56. The van der Waals surface area contributed by atoms with Crippen molar-refractivity contribution < 1.29 is 17.6 Å². The molecule has 0 aromatic carbocycles. The number of nitrogens with zero attached hydrogens (tertiary/aromatic N) is 5. The van der Waals surface area contributed by atoms with Crippen LogP contribution in [0.2, 0.25) is 0 Å². The van der Waals surface area contributed by atoms with Gasteiger partial charge in [0.2, 0.25) is 0 Å². The zero-order chi connectivity index (χ0) is 16.6. The maximum atomic E-state index is 12.9. The molecule has 0 bridgehead atoms. The van der Waals surface area contributed by atoms with Gasteiger partial charge >= 0.3 is 6.18 Å². The molecule has 0 unspecified atom stereocenters. The van der Waals surface area contributed by atoms with Crippen LogP contribution in [0.4, 0.5) is 19.0 Å². The standard InChI is InChI=1S/C14H14F3N5O/c1-3-21(7-10-4-5-23-8-10)11-6-9(2)18-13-19-12(14(15,16)17)20-22(11)13/h4-6,8H,3,7H2,1-2H3. The number of anilines is 1. The van der Waals surface area contributed by atoms with Gasteiger partial charge in [-0.25, -0.2) is 4.98 Å². The minimum Gasteiger partial charge on any atom is -0.472 e. The van der Waals surface area contributed by atoms with Crippen molar-refractivity contribution in [2.75, 3.05) is 11.4 Å². The van der Waals surface area contributed by atoms with Crippen LogP contribution < -0.4 is 4.90 Å². The normalized spacial score (nSPS) is 12.0. The summed E-state index contributed by atoms with van der Waals surface area (Å²) in [4.78, 5) is 9.39. The molecule has 0 radical (unpaired) electrons. The number of fused-ring (bicyclic) bond motifs is 1. The van der Waals surface area contributed by atoms with Crippen LogP contribution in [0.5, 0.6) is 0 Å². The summed E-state index contributed by atoms with van der Waals surface area (Å²) in [5.74, 6) is -0.770. The third-order valence-electron chi connectivity index (χ3n) is 3.33. The molecule has 23 heavy (non-hydrogen) atoms. The van der Waals surface area contributed by atoms with Crippen LogP contribution in [0, 0.1) is 6.92 Å². The third kappa shape index (κ3) is 2.99. The summed E-state index contributed by atoms with van der Waals surface area (Å²) in [6.07, 6.45) is -1.47. The lowest BCUT2D eigenvalue weighted by Crippen LogP contribution is -2.25. The van der Waals surface area contributed by atoms with Crippen molar-refractivity contribution >= 4 is 11.6 Å². The van der Waals surface area contributed by atoms with Gasteiger partial charge in [0.05, 0.1) is 12.5 Å². The molecular formula is C14H14F3N5O. The van der Waals surface area contributed by atoms with E-state index >= 15 is 0 Å². The quantitative estimate of drug-likeness (QED) is 0.738. The molecule has 0 saturated carbocycles. The molecule has 3 heterocycles. The Bertz CT molecular complexity index is 810. The lowest BCUT2D eigenvalue weighted by atomic mass is 10.3. The monoisotopic (exact) mass is 325 g/mol. The average molecular weight is 325 g/mol. The first-order chi connectivity index (χ1) is 10.9. The molecule has 0 atom stereocenters. The smallest absolute Gasteiger partial charge is 0.453 e. The van der Waals surface area contributed by atoms with E-state index in [1.54, 1.807) is 31.6 Å². The fourth-order valence-electron chi connectivity index (χ4n) is 2.27. The third-order valence-corrected chi connectivity index (χ3v) is 3.33. The summed E-state index contributed by atoms with van der Waals surface area (Å²) >= 11 is 0. The predicted molar refractivity (Wildman–Crippen MR) is 76.0 cm³/mol. The van der Waals surface area contributed by atoms with Crippen molar-refractivity contribution in [1.29, 1.82) is 0 Å². The number of alkyl halides is 3. The molecule has 0 amide bonds. The zero-order valence-corrected chi connectivity index (χ0v) is 12.5. The summed E-state index contributed by atoms with van der Waals surface area (Å²) in [6, 6.07) is 3.49. The minimum absolute atomic E-state index is 0.0713. The van der Waals surface area contributed by atoms with Gasteiger partial charge in [0, 0.05) is 30.4 Å². The minimum atomic E-state index is -4.61. The molecule has 0 aliphatic heterocycles. The Balaban J connectivity index is 2.09. The van der Waals surface area contributed by atoms with Crippen LogP contribution in [0.1, 0.15) is 24.0 Å². The topological polar surface area (TPSA) is 59.5 Å². The van der Waals surface area contributed by atoms with E-state index in [0.717, 1.165) is 10.1 Å². The lowest BCUT2D eigenvalue weighted by Gasteiger charge is -2.22. The first-order valence-electron chi connectivity index (χ1n) is 6.96. The van der Waals surface area contributed by atoms with E-state index in [4.69, 9.17) is 4.42 Å². The van der Waals surface area contributed by atoms with E-state index in [9.17, 15) is 13.2 Å². The number of halogens is 3. The Hall–Kier alpha value is -2.58. The fraction of sp³-hybridized carbons (Fsp3) is 0.357. The molecule has 0 aliphatic rings. The van der Waals surface area contributed by atoms with Crippen LogP contribution in [0.25, 0.3) is 5.78 Å². The van der Waals surface area contributed by atoms with Gasteiger partial charge in [0.1, 0.15) is 5.82 Å². The molecule has 0 aliphatic carbocycles. The van der Waals surface area contributed by atoms with Gasteiger partial charge in [0.25, 0.3) is 11.6 Å². The number of aryl methyl sites for hydroxylation is 1. The molecule has 3 aromatic heterocycles. The highest BCUT2D eigenvalue weighted by atomic mass is 19.4. The summed E-state index contributed by atoms with van der Waals surface area (Å²) in [5, 5.41) is 3.58. The molecule has 9 heteroatoms. The fourth-order valence-corrected chi connectivity index (χ4v) is 2.27. The highest BCUT2D eigenvalue weighted by molar-refractivity contribution is 5.48. The maximum absolute atomic E-state index is 12.9. The Labute approximate surface area is 129 Å². The summed E-state index contributed by atoms with van der Waals surface area (Å²) in [5.41, 5.74) is 1.48. The SMILES string of the molecule is CCN(Cc1ccoc1)c1cc(C)nc2nc(C(F)(F)F)nn12. The van der Waals surface area contributed by atoms with E-state index in [1.807, 2.05) is 11.8 Å². The largest absolute Gasteiger partial charge is 0.472 e. The van der Waals surface area contributed by atoms with Gasteiger partial charge in [-0.15, -0.1) is 5.10 Å². The maximum Gasteiger partial charge on any atom is 0.453 e. The van der Waals surface area contributed by atoms with Gasteiger partial charge in [-0.05, 0) is 19.9 Å². The highest BCUT2D eigenvalue weighted by Gasteiger charge is 2.37. The van der Waals surface area contributed by atoms with Crippen molar-refractivity contribution in [3.05, 3.63) is 41.7 Å². The van der Waals surface area contributed by atoms with Gasteiger partial charge < -0.3 is 9.32 Å². The molecule has 3 rings (SSSR count). The van der Waals surface area contributed by atoms with Crippen LogP contribution >= 0.6 is 0 Å². The van der Waals surface area contributed by atoms with Crippen LogP contribution in [0.3, 0.4) is 0 Å². The van der Waals surface area contributed by atoms with E-state index in [2.05, 4.69) is 15.1 Å². The Kier molecular flexibility index (Phi) is 3.70. The second-order valence-electron chi connectivity index (χ2n) is 5.05. The van der Waals surface area contributed by atoms with Crippen molar-refractivity contribution in [2.45, 2.75) is 26.6 Å². The van der Waals surface area contributed by atoms with Crippen molar-refractivity contribution in [1.82, 2.24) is 19.6 Å². The first kappa shape index (κ1) is 15.3. The molecule has 0 N–H and O–H groups in total. The summed E-state index contributed by atoms with van der Waals surface area (Å²) < 4.78 is 44.7. The summed E-state index contributed by atoms with van der Waals surface area (Å²) in [7, 11) is 0. The highest BCUT2D eigenvalue weighted by Crippen LogP contribution is 2.28. The number of furan rings is 1. The first-order valence-corrected chi connectivity index (χ1v) is 6.96. The second-order valence-corrected chi connectivity index (χ2v) is 5.05. The molecule has 0 fully saturated rings. The van der Waals surface area contributed by atoms with Crippen molar-refractivity contribution in [3.63, 3.8) is 0 Å². The van der Waals surface area contributed by atoms with E-state index in [-0.39, 0.29) is 5.78 Å². The van der Waals surface area contributed by atoms with E-state index in [0.29, 0.717) is 24.6 Å². The molecule has 6 nitrogen and oxygen atoms in total. The van der Waals surface area contributed by atoms with Crippen molar-refractivity contribution in [3.8, 4) is 0 Å². The van der Waals surface area contributed by atoms with Gasteiger partial charge in [0.15, 0.2) is 0 Å². The zero-order valence-electron chi connectivity index (χ0n) is 12.5. The van der Waals surface area contributed by atoms with Gasteiger partial charge in [-0.1, -0.05) is 0 Å². The Morgan fingerprint density at radius 2 is 2.09 bits per heavy atom. The van der Waals surface area contributed by atoms with Gasteiger partial charge in [-0.2, -0.15) is 22.7 Å². The average Bonchev–Trinajstić information content (AvgIpc) is 3.12. The van der Waals surface area contributed by atoms with Crippen LogP contribution in [-0.2, 0) is 12.7 Å². The van der Waals surface area contributed by atoms with Crippen molar-refractivity contribution in [2.24, 2.45) is 0 Å². The van der Waals surface area contributed by atoms with Crippen LogP contribution in [0.15, 0.2) is 29.1 Å².